The molecule has 1 nitrogen and oxygen atoms in total. The minimum absolute atomic E-state index is 0.340. The van der Waals surface area contributed by atoms with Crippen molar-refractivity contribution in [3.8, 4) is 5.75 Å². The Balaban J connectivity index is 1.96. The third kappa shape index (κ3) is 10.2. The molecular formula is C22H36O. The Kier molecular flexibility index (Phi) is 11.4. The molecule has 1 aromatic rings. The van der Waals surface area contributed by atoms with Crippen LogP contribution in [-0.4, -0.2) is 5.11 Å². The van der Waals surface area contributed by atoms with Crippen molar-refractivity contribution in [2.24, 2.45) is 0 Å². The second kappa shape index (κ2) is 13.2. The van der Waals surface area contributed by atoms with Gasteiger partial charge in [-0.15, -0.1) is 0 Å². The number of allylic oxidation sites excluding steroid dienone is 2. The van der Waals surface area contributed by atoms with Crippen LogP contribution in [-0.2, 0) is 0 Å². The van der Waals surface area contributed by atoms with Crippen LogP contribution < -0.4 is 0 Å². The first kappa shape index (κ1) is 19.8. The maximum atomic E-state index is 9.31. The van der Waals surface area contributed by atoms with E-state index in [1.54, 1.807) is 12.1 Å². The van der Waals surface area contributed by atoms with Gasteiger partial charge < -0.3 is 5.11 Å². The Hall–Kier alpha value is -1.24. The summed E-state index contributed by atoms with van der Waals surface area (Å²) in [6.45, 7) is 4.44. The van der Waals surface area contributed by atoms with Gasteiger partial charge in [0, 0.05) is 0 Å². The van der Waals surface area contributed by atoms with Crippen molar-refractivity contribution in [2.45, 2.75) is 90.9 Å². The first-order valence-corrected chi connectivity index (χ1v) is 9.70. The van der Waals surface area contributed by atoms with E-state index in [-0.39, 0.29) is 0 Å². The van der Waals surface area contributed by atoms with Crippen molar-refractivity contribution >= 4 is 5.57 Å². The lowest BCUT2D eigenvalue weighted by atomic mass is 10.0. The molecule has 0 aliphatic carbocycles. The highest BCUT2D eigenvalue weighted by Crippen LogP contribution is 2.19. The molecule has 0 unspecified atom stereocenters. The maximum Gasteiger partial charge on any atom is 0.115 e. The quantitative estimate of drug-likeness (QED) is 0.373. The van der Waals surface area contributed by atoms with Gasteiger partial charge >= 0.3 is 0 Å². The minimum Gasteiger partial charge on any atom is -0.508 e. The van der Waals surface area contributed by atoms with E-state index in [9.17, 15) is 5.11 Å². The zero-order valence-corrected chi connectivity index (χ0v) is 15.3. The van der Waals surface area contributed by atoms with E-state index in [0.717, 1.165) is 0 Å². The van der Waals surface area contributed by atoms with Crippen LogP contribution in [0.4, 0.5) is 0 Å². The standard InChI is InChI=1S/C22H36O/c1-3-4-5-6-7-8-9-10-11-12-13-14-15-20(2)21-16-18-22(23)19-17-21/h15-19,23H,3-14H2,1-2H3. The summed E-state index contributed by atoms with van der Waals surface area (Å²) in [6, 6.07) is 7.49. The number of hydrogen-bond donors (Lipinski definition) is 1. The normalized spacial score (nSPS) is 11.8. The molecular weight excluding hydrogens is 280 g/mol. The fourth-order valence-electron chi connectivity index (χ4n) is 2.97. The monoisotopic (exact) mass is 316 g/mol. The lowest BCUT2D eigenvalue weighted by Crippen LogP contribution is -1.83. The molecule has 0 bridgehead atoms. The van der Waals surface area contributed by atoms with E-state index < -0.39 is 0 Å². The summed E-state index contributed by atoms with van der Waals surface area (Å²) < 4.78 is 0. The van der Waals surface area contributed by atoms with Crippen LogP contribution in [0.5, 0.6) is 5.75 Å². The largest absolute Gasteiger partial charge is 0.508 e. The number of phenolic OH excluding ortho intramolecular Hbond substituents is 1. The highest BCUT2D eigenvalue weighted by atomic mass is 16.3. The van der Waals surface area contributed by atoms with Crippen molar-refractivity contribution in [1.29, 1.82) is 0 Å². The molecule has 0 atom stereocenters. The van der Waals surface area contributed by atoms with Crippen molar-refractivity contribution in [3.63, 3.8) is 0 Å². The van der Waals surface area contributed by atoms with Crippen molar-refractivity contribution in [1.82, 2.24) is 0 Å². The molecule has 1 rings (SSSR count). The van der Waals surface area contributed by atoms with Gasteiger partial charge in [0.15, 0.2) is 0 Å². The first-order chi connectivity index (χ1) is 11.2. The lowest BCUT2D eigenvalue weighted by Gasteiger charge is -2.03. The third-order valence-electron chi connectivity index (χ3n) is 4.58. The molecule has 1 aromatic carbocycles. The van der Waals surface area contributed by atoms with E-state index in [0.29, 0.717) is 5.75 Å². The molecule has 0 saturated carbocycles. The van der Waals surface area contributed by atoms with Gasteiger partial charge in [-0.05, 0) is 43.0 Å². The second-order valence-electron chi connectivity index (χ2n) is 6.76. The van der Waals surface area contributed by atoms with Gasteiger partial charge in [0.05, 0.1) is 0 Å². The summed E-state index contributed by atoms with van der Waals surface area (Å²) in [5.41, 5.74) is 2.53. The molecule has 0 aliphatic rings. The minimum atomic E-state index is 0.340. The highest BCUT2D eigenvalue weighted by molar-refractivity contribution is 5.63. The van der Waals surface area contributed by atoms with Crippen molar-refractivity contribution < 1.29 is 5.11 Å². The summed E-state index contributed by atoms with van der Waals surface area (Å²) in [7, 11) is 0. The number of aromatic hydroxyl groups is 1. The van der Waals surface area contributed by atoms with Gasteiger partial charge in [0.1, 0.15) is 5.75 Å². The average Bonchev–Trinajstić information content (AvgIpc) is 2.56. The topological polar surface area (TPSA) is 20.2 Å². The maximum absolute atomic E-state index is 9.31. The summed E-state index contributed by atoms with van der Waals surface area (Å²) in [5.74, 6) is 0.340. The Morgan fingerprint density at radius 1 is 0.783 bits per heavy atom. The number of unbranched alkanes of at least 4 members (excludes halogenated alkanes) is 11. The lowest BCUT2D eigenvalue weighted by molar-refractivity contribution is 0.475. The molecule has 0 heterocycles. The second-order valence-corrected chi connectivity index (χ2v) is 6.76. The van der Waals surface area contributed by atoms with Crippen LogP contribution in [0.3, 0.4) is 0 Å². The van der Waals surface area contributed by atoms with Gasteiger partial charge in [-0.2, -0.15) is 0 Å². The zero-order chi connectivity index (χ0) is 16.8. The van der Waals surface area contributed by atoms with Crippen molar-refractivity contribution in [2.75, 3.05) is 0 Å². The summed E-state index contributed by atoms with van der Waals surface area (Å²) in [6.07, 6.45) is 18.9. The fraction of sp³-hybridized carbons (Fsp3) is 0.636. The Morgan fingerprint density at radius 2 is 1.26 bits per heavy atom. The highest BCUT2D eigenvalue weighted by Gasteiger charge is 1.96. The van der Waals surface area contributed by atoms with Crippen molar-refractivity contribution in [3.05, 3.63) is 35.9 Å². The molecule has 0 aliphatic heterocycles. The van der Waals surface area contributed by atoms with Gasteiger partial charge in [0.25, 0.3) is 0 Å². The van der Waals surface area contributed by atoms with Gasteiger partial charge in [0.2, 0.25) is 0 Å². The molecule has 1 heteroatoms. The van der Waals surface area contributed by atoms with Crippen LogP contribution in [0.1, 0.15) is 96.5 Å². The number of phenols is 1. The average molecular weight is 317 g/mol. The number of hydrogen-bond acceptors (Lipinski definition) is 1. The van der Waals surface area contributed by atoms with Crippen LogP contribution in [0.15, 0.2) is 30.3 Å². The van der Waals surface area contributed by atoms with E-state index in [2.05, 4.69) is 19.9 Å². The zero-order valence-electron chi connectivity index (χ0n) is 15.3. The predicted molar refractivity (Wildman–Crippen MR) is 103 cm³/mol. The number of benzene rings is 1. The Bertz CT molecular complexity index is 416. The van der Waals surface area contributed by atoms with Gasteiger partial charge in [-0.1, -0.05) is 89.3 Å². The van der Waals surface area contributed by atoms with E-state index >= 15 is 0 Å². The molecule has 130 valence electrons. The molecule has 0 amide bonds. The Morgan fingerprint density at radius 3 is 1.78 bits per heavy atom. The predicted octanol–water partition coefficient (Wildman–Crippen LogP) is 7.50. The van der Waals surface area contributed by atoms with E-state index in [4.69, 9.17) is 0 Å². The molecule has 0 spiro atoms. The molecule has 0 saturated heterocycles. The molecule has 0 fully saturated rings. The van der Waals surface area contributed by atoms with Crippen LogP contribution in [0.25, 0.3) is 5.57 Å². The molecule has 23 heavy (non-hydrogen) atoms. The van der Waals surface area contributed by atoms with Gasteiger partial charge in [-0.25, -0.2) is 0 Å². The van der Waals surface area contributed by atoms with E-state index in [1.165, 1.54) is 88.2 Å². The first-order valence-electron chi connectivity index (χ1n) is 9.70. The van der Waals surface area contributed by atoms with Crippen LogP contribution in [0.2, 0.25) is 0 Å². The number of rotatable bonds is 13. The fourth-order valence-corrected chi connectivity index (χ4v) is 2.97. The summed E-state index contributed by atoms with van der Waals surface area (Å²) >= 11 is 0. The Labute approximate surface area is 143 Å². The summed E-state index contributed by atoms with van der Waals surface area (Å²) in [4.78, 5) is 0. The molecule has 1 N–H and O–H groups in total. The molecule has 0 aromatic heterocycles. The van der Waals surface area contributed by atoms with Crippen LogP contribution >= 0.6 is 0 Å². The molecule has 0 radical (unpaired) electrons. The third-order valence-corrected chi connectivity index (χ3v) is 4.58. The summed E-state index contributed by atoms with van der Waals surface area (Å²) in [5, 5.41) is 9.31. The van der Waals surface area contributed by atoms with E-state index in [1.807, 2.05) is 12.1 Å². The van der Waals surface area contributed by atoms with Crippen LogP contribution in [0, 0.1) is 0 Å². The van der Waals surface area contributed by atoms with Gasteiger partial charge in [-0.3, -0.25) is 0 Å². The SMILES string of the molecule is CCCCCCCCCCCCCC=C(C)c1ccc(O)cc1. The smallest absolute Gasteiger partial charge is 0.115 e.